The van der Waals surface area contributed by atoms with Gasteiger partial charge in [0.25, 0.3) is 0 Å². The van der Waals surface area contributed by atoms with Gasteiger partial charge < -0.3 is 9.47 Å². The predicted octanol–water partition coefficient (Wildman–Crippen LogP) is 2.31. The van der Waals surface area contributed by atoms with Crippen molar-refractivity contribution in [2.24, 2.45) is 11.8 Å². The van der Waals surface area contributed by atoms with Crippen LogP contribution in [0.1, 0.15) is 46.0 Å². The average molecular weight is 242 g/mol. The van der Waals surface area contributed by atoms with Gasteiger partial charge in [-0.25, -0.2) is 0 Å². The number of carbonyl (C=O) groups is 2. The molecule has 2 atom stereocenters. The van der Waals surface area contributed by atoms with E-state index in [4.69, 9.17) is 9.47 Å². The van der Waals surface area contributed by atoms with E-state index < -0.39 is 0 Å². The molecule has 17 heavy (non-hydrogen) atoms. The largest absolute Gasteiger partial charge is 0.466 e. The molecule has 4 heteroatoms. The summed E-state index contributed by atoms with van der Waals surface area (Å²) in [5.41, 5.74) is 0. The van der Waals surface area contributed by atoms with Crippen LogP contribution in [-0.4, -0.2) is 25.2 Å². The van der Waals surface area contributed by atoms with Crippen LogP contribution in [0.4, 0.5) is 0 Å². The van der Waals surface area contributed by atoms with E-state index in [0.29, 0.717) is 19.6 Å². The zero-order chi connectivity index (χ0) is 12.7. The normalized spacial score (nSPS) is 24.8. The second kappa shape index (κ2) is 7.30. The Balaban J connectivity index is 2.56. The lowest BCUT2D eigenvalue weighted by Crippen LogP contribution is -2.24. The minimum Gasteiger partial charge on any atom is -0.466 e. The Hall–Kier alpha value is -1.06. The number of rotatable bonds is 4. The molecule has 0 aromatic rings. The van der Waals surface area contributed by atoms with Crippen LogP contribution in [0, 0.1) is 11.8 Å². The summed E-state index contributed by atoms with van der Waals surface area (Å²) in [4.78, 5) is 23.4. The summed E-state index contributed by atoms with van der Waals surface area (Å²) in [7, 11) is 0. The molecule has 0 heterocycles. The second-order valence-corrected chi connectivity index (χ2v) is 4.42. The molecule has 0 radical (unpaired) electrons. The third-order valence-electron chi connectivity index (χ3n) is 3.16. The summed E-state index contributed by atoms with van der Waals surface area (Å²) < 4.78 is 10.1. The molecule has 0 aliphatic heterocycles. The van der Waals surface area contributed by atoms with Crippen molar-refractivity contribution in [1.29, 1.82) is 0 Å². The quantitative estimate of drug-likeness (QED) is 0.560. The number of hydrogen-bond donors (Lipinski definition) is 0. The highest BCUT2D eigenvalue weighted by Crippen LogP contribution is 2.29. The van der Waals surface area contributed by atoms with Gasteiger partial charge in [-0.05, 0) is 33.1 Å². The maximum atomic E-state index is 11.7. The zero-order valence-electron chi connectivity index (χ0n) is 10.7. The molecule has 1 aliphatic carbocycles. The summed E-state index contributed by atoms with van der Waals surface area (Å²) in [5, 5.41) is 0. The van der Waals surface area contributed by atoms with Crippen LogP contribution in [0.3, 0.4) is 0 Å². The summed E-state index contributed by atoms with van der Waals surface area (Å²) in [6, 6.07) is 0. The van der Waals surface area contributed by atoms with E-state index in [1.54, 1.807) is 13.8 Å². The van der Waals surface area contributed by atoms with Crippen LogP contribution in [0.15, 0.2) is 0 Å². The third kappa shape index (κ3) is 4.36. The average Bonchev–Trinajstić information content (AvgIpc) is 2.55. The van der Waals surface area contributed by atoms with Crippen molar-refractivity contribution in [3.63, 3.8) is 0 Å². The molecule has 0 saturated heterocycles. The predicted molar refractivity (Wildman–Crippen MR) is 63.3 cm³/mol. The lowest BCUT2D eigenvalue weighted by molar-refractivity contribution is -0.152. The minimum atomic E-state index is -0.163. The molecule has 98 valence electrons. The molecule has 0 N–H and O–H groups in total. The van der Waals surface area contributed by atoms with Crippen LogP contribution in [0.5, 0.6) is 0 Å². The van der Waals surface area contributed by atoms with E-state index in [9.17, 15) is 9.59 Å². The third-order valence-corrected chi connectivity index (χ3v) is 3.16. The Morgan fingerprint density at radius 2 is 1.35 bits per heavy atom. The highest BCUT2D eigenvalue weighted by atomic mass is 16.5. The first-order valence-electron chi connectivity index (χ1n) is 6.52. The highest BCUT2D eigenvalue weighted by molar-refractivity contribution is 5.76. The summed E-state index contributed by atoms with van der Waals surface area (Å²) in [6.45, 7) is 4.41. The van der Waals surface area contributed by atoms with Gasteiger partial charge in [-0.1, -0.05) is 12.8 Å². The van der Waals surface area contributed by atoms with Crippen molar-refractivity contribution in [2.45, 2.75) is 46.0 Å². The fourth-order valence-corrected chi connectivity index (χ4v) is 2.31. The first-order chi connectivity index (χ1) is 8.19. The van der Waals surface area contributed by atoms with E-state index >= 15 is 0 Å². The van der Waals surface area contributed by atoms with Gasteiger partial charge in [-0.3, -0.25) is 9.59 Å². The maximum absolute atomic E-state index is 11.7. The minimum absolute atomic E-state index is 0.133. The van der Waals surface area contributed by atoms with Crippen molar-refractivity contribution in [1.82, 2.24) is 0 Å². The second-order valence-electron chi connectivity index (χ2n) is 4.42. The molecule has 1 fully saturated rings. The molecule has 0 bridgehead atoms. The van der Waals surface area contributed by atoms with Gasteiger partial charge in [0.05, 0.1) is 25.0 Å². The highest BCUT2D eigenvalue weighted by Gasteiger charge is 2.30. The van der Waals surface area contributed by atoms with Gasteiger partial charge >= 0.3 is 11.9 Å². The van der Waals surface area contributed by atoms with E-state index in [1.807, 2.05) is 0 Å². The molecule has 1 aliphatic rings. The Morgan fingerprint density at radius 3 is 1.71 bits per heavy atom. The van der Waals surface area contributed by atoms with Crippen LogP contribution in [0.2, 0.25) is 0 Å². The lowest BCUT2D eigenvalue weighted by atomic mass is 9.93. The van der Waals surface area contributed by atoms with Crippen molar-refractivity contribution in [2.75, 3.05) is 13.2 Å². The Bertz CT molecular complexity index is 236. The van der Waals surface area contributed by atoms with Crippen molar-refractivity contribution >= 4 is 11.9 Å². The van der Waals surface area contributed by atoms with Gasteiger partial charge in [0.1, 0.15) is 0 Å². The Labute approximate surface area is 103 Å². The topological polar surface area (TPSA) is 52.6 Å². The van der Waals surface area contributed by atoms with Gasteiger partial charge in [0.2, 0.25) is 0 Å². The maximum Gasteiger partial charge on any atom is 0.308 e. The van der Waals surface area contributed by atoms with Gasteiger partial charge in [-0.15, -0.1) is 0 Å². The smallest absolute Gasteiger partial charge is 0.308 e. The van der Waals surface area contributed by atoms with Crippen molar-refractivity contribution in [3.8, 4) is 0 Å². The van der Waals surface area contributed by atoms with E-state index in [-0.39, 0.29) is 23.8 Å². The lowest BCUT2D eigenvalue weighted by Gasteiger charge is -2.17. The molecular formula is C13H22O4. The molecule has 2 unspecified atom stereocenters. The molecule has 4 nitrogen and oxygen atoms in total. The van der Waals surface area contributed by atoms with Gasteiger partial charge in [-0.2, -0.15) is 0 Å². The number of carbonyl (C=O) groups excluding carboxylic acids is 2. The van der Waals surface area contributed by atoms with Gasteiger partial charge in [0, 0.05) is 0 Å². The molecule has 0 spiro atoms. The monoisotopic (exact) mass is 242 g/mol. The molecular weight excluding hydrogens is 220 g/mol. The van der Waals surface area contributed by atoms with Crippen LogP contribution >= 0.6 is 0 Å². The summed E-state index contributed by atoms with van der Waals surface area (Å²) in [6.07, 6.45) is 4.21. The van der Waals surface area contributed by atoms with Crippen LogP contribution < -0.4 is 0 Å². The Morgan fingerprint density at radius 1 is 0.941 bits per heavy atom. The summed E-state index contributed by atoms with van der Waals surface area (Å²) in [5.74, 6) is -0.592. The van der Waals surface area contributed by atoms with Gasteiger partial charge in [0.15, 0.2) is 0 Å². The van der Waals surface area contributed by atoms with Crippen molar-refractivity contribution in [3.05, 3.63) is 0 Å². The van der Waals surface area contributed by atoms with E-state index in [1.165, 1.54) is 0 Å². The first kappa shape index (κ1) is 14.0. The molecule has 0 aromatic carbocycles. The Kier molecular flexibility index (Phi) is 6.01. The fraction of sp³-hybridized carbons (Fsp3) is 0.846. The van der Waals surface area contributed by atoms with Crippen molar-refractivity contribution < 1.29 is 19.1 Å². The SMILES string of the molecule is CCOC(=O)C1CCCCC(C(=O)OCC)C1. The number of hydrogen-bond acceptors (Lipinski definition) is 4. The molecule has 1 saturated carbocycles. The fourth-order valence-electron chi connectivity index (χ4n) is 2.31. The first-order valence-corrected chi connectivity index (χ1v) is 6.52. The van der Waals surface area contributed by atoms with Crippen LogP contribution in [-0.2, 0) is 19.1 Å². The zero-order valence-corrected chi connectivity index (χ0v) is 10.7. The standard InChI is InChI=1S/C13H22O4/c1-3-16-12(14)10-7-5-6-8-11(9-10)13(15)17-4-2/h10-11H,3-9H2,1-2H3. The summed E-state index contributed by atoms with van der Waals surface area (Å²) >= 11 is 0. The molecule has 0 aromatic heterocycles. The van der Waals surface area contributed by atoms with E-state index in [0.717, 1.165) is 25.7 Å². The molecule has 1 rings (SSSR count). The molecule has 0 amide bonds. The number of esters is 2. The number of ether oxygens (including phenoxy) is 2. The van der Waals surface area contributed by atoms with Crippen LogP contribution in [0.25, 0.3) is 0 Å². The van der Waals surface area contributed by atoms with E-state index in [2.05, 4.69) is 0 Å².